The largest absolute Gasteiger partial charge is 0.250 e. The molecule has 0 amide bonds. The summed E-state index contributed by atoms with van der Waals surface area (Å²) in [5.41, 5.74) is -0.319. The first-order valence-corrected chi connectivity index (χ1v) is 4.46. The molecule has 14 heavy (non-hydrogen) atoms. The molecule has 0 saturated heterocycles. The van der Waals surface area contributed by atoms with Crippen molar-refractivity contribution in [2.75, 3.05) is 0 Å². The van der Waals surface area contributed by atoms with Gasteiger partial charge in [-0.25, -0.2) is 4.89 Å². The standard InChI is InChI=1S/C10H10ClNO2/c1-10(7-12,14-13)6-8-2-4-9(11)5-3-8/h2-5,13H,6H2,1H3. The lowest BCUT2D eigenvalue weighted by Gasteiger charge is -2.16. The molecule has 0 spiro atoms. The van der Waals surface area contributed by atoms with Crippen LogP contribution in [0.25, 0.3) is 0 Å². The Kier molecular flexibility index (Phi) is 3.48. The summed E-state index contributed by atoms with van der Waals surface area (Å²) < 4.78 is 0. The van der Waals surface area contributed by atoms with Gasteiger partial charge in [0.05, 0.1) is 0 Å². The van der Waals surface area contributed by atoms with Crippen molar-refractivity contribution in [3.63, 3.8) is 0 Å². The van der Waals surface area contributed by atoms with Gasteiger partial charge in [-0.1, -0.05) is 23.7 Å². The number of benzene rings is 1. The van der Waals surface area contributed by atoms with Crippen LogP contribution in [0.15, 0.2) is 24.3 Å². The molecule has 1 aromatic carbocycles. The van der Waals surface area contributed by atoms with Crippen molar-refractivity contribution in [1.29, 1.82) is 5.26 Å². The number of halogens is 1. The normalized spacial score (nSPS) is 14.4. The van der Waals surface area contributed by atoms with Crippen molar-refractivity contribution in [2.45, 2.75) is 18.9 Å². The smallest absolute Gasteiger partial charge is 0.190 e. The molecular formula is C10H10ClNO2. The second kappa shape index (κ2) is 4.43. The van der Waals surface area contributed by atoms with Gasteiger partial charge in [0.2, 0.25) is 0 Å². The molecule has 1 atom stereocenters. The van der Waals surface area contributed by atoms with Crippen molar-refractivity contribution in [3.8, 4) is 6.07 Å². The summed E-state index contributed by atoms with van der Waals surface area (Å²) in [6.45, 7) is 1.52. The van der Waals surface area contributed by atoms with E-state index in [4.69, 9.17) is 22.1 Å². The molecule has 1 rings (SSSR count). The summed E-state index contributed by atoms with van der Waals surface area (Å²) in [6.07, 6.45) is 0.317. The monoisotopic (exact) mass is 211 g/mol. The molecule has 1 N–H and O–H groups in total. The van der Waals surface area contributed by atoms with Gasteiger partial charge >= 0.3 is 0 Å². The number of nitrogens with zero attached hydrogens (tertiary/aromatic N) is 1. The minimum Gasteiger partial charge on any atom is -0.250 e. The Morgan fingerprint density at radius 1 is 1.50 bits per heavy atom. The zero-order valence-electron chi connectivity index (χ0n) is 7.70. The van der Waals surface area contributed by atoms with Crippen LogP contribution in [0.4, 0.5) is 0 Å². The molecule has 0 bridgehead atoms. The maximum atomic E-state index is 8.74. The van der Waals surface area contributed by atoms with E-state index in [0.29, 0.717) is 11.4 Å². The quantitative estimate of drug-likeness (QED) is 0.618. The second-order valence-corrected chi connectivity index (χ2v) is 3.67. The lowest BCUT2D eigenvalue weighted by Crippen LogP contribution is -2.28. The lowest BCUT2D eigenvalue weighted by atomic mass is 9.98. The van der Waals surface area contributed by atoms with Gasteiger partial charge in [-0.3, -0.25) is 5.26 Å². The number of nitriles is 1. The zero-order chi connectivity index (χ0) is 10.6. The van der Waals surface area contributed by atoms with Crippen molar-refractivity contribution in [2.24, 2.45) is 0 Å². The van der Waals surface area contributed by atoms with Gasteiger partial charge in [0.25, 0.3) is 0 Å². The molecule has 0 aliphatic carbocycles. The second-order valence-electron chi connectivity index (χ2n) is 3.24. The van der Waals surface area contributed by atoms with Gasteiger partial charge in [-0.05, 0) is 24.6 Å². The molecule has 0 aliphatic heterocycles. The molecule has 3 nitrogen and oxygen atoms in total. The van der Waals surface area contributed by atoms with Crippen LogP contribution < -0.4 is 0 Å². The molecule has 0 heterocycles. The van der Waals surface area contributed by atoms with E-state index in [1.807, 2.05) is 6.07 Å². The zero-order valence-corrected chi connectivity index (χ0v) is 8.45. The molecule has 74 valence electrons. The summed E-state index contributed by atoms with van der Waals surface area (Å²) in [6, 6.07) is 8.92. The van der Waals surface area contributed by atoms with E-state index in [1.54, 1.807) is 24.3 Å². The highest BCUT2D eigenvalue weighted by molar-refractivity contribution is 6.30. The average molecular weight is 212 g/mol. The first-order valence-electron chi connectivity index (χ1n) is 4.08. The van der Waals surface area contributed by atoms with Gasteiger partial charge in [0.1, 0.15) is 6.07 Å². The van der Waals surface area contributed by atoms with Crippen LogP contribution >= 0.6 is 11.6 Å². The fourth-order valence-electron chi connectivity index (χ4n) is 1.08. The number of hydrogen-bond acceptors (Lipinski definition) is 3. The van der Waals surface area contributed by atoms with Crippen molar-refractivity contribution in [1.82, 2.24) is 0 Å². The fraction of sp³-hybridized carbons (Fsp3) is 0.300. The molecule has 0 radical (unpaired) electrons. The summed E-state index contributed by atoms with van der Waals surface area (Å²) in [5.74, 6) is 0. The summed E-state index contributed by atoms with van der Waals surface area (Å²) >= 11 is 5.71. The highest BCUT2D eigenvalue weighted by Gasteiger charge is 2.25. The third kappa shape index (κ3) is 2.71. The molecule has 1 unspecified atom stereocenters. The third-order valence-corrected chi connectivity index (χ3v) is 2.14. The van der Waals surface area contributed by atoms with E-state index in [-0.39, 0.29) is 0 Å². The summed E-state index contributed by atoms with van der Waals surface area (Å²) in [5, 5.41) is 17.9. The molecule has 4 heteroatoms. The summed E-state index contributed by atoms with van der Waals surface area (Å²) in [7, 11) is 0. The van der Waals surface area contributed by atoms with E-state index in [0.717, 1.165) is 5.56 Å². The van der Waals surface area contributed by atoms with Gasteiger partial charge in [-0.15, -0.1) is 0 Å². The first-order chi connectivity index (χ1) is 6.59. The molecule has 1 aromatic rings. The SMILES string of the molecule is CC(C#N)(Cc1ccc(Cl)cc1)OO. The fourth-order valence-corrected chi connectivity index (χ4v) is 1.21. The van der Waals surface area contributed by atoms with E-state index < -0.39 is 5.60 Å². The predicted octanol–water partition coefficient (Wildman–Crippen LogP) is 2.65. The number of hydrogen-bond donors (Lipinski definition) is 1. The molecule has 0 saturated carbocycles. The topological polar surface area (TPSA) is 53.2 Å². The predicted molar refractivity (Wildman–Crippen MR) is 52.9 cm³/mol. The van der Waals surface area contributed by atoms with Gasteiger partial charge < -0.3 is 0 Å². The van der Waals surface area contributed by atoms with Crippen LogP contribution in [0.2, 0.25) is 5.02 Å². The molecule has 0 aromatic heterocycles. The molecule has 0 fully saturated rings. The van der Waals surface area contributed by atoms with Crippen molar-refractivity contribution in [3.05, 3.63) is 34.9 Å². The van der Waals surface area contributed by atoms with Crippen LogP contribution in [0.5, 0.6) is 0 Å². The van der Waals surface area contributed by atoms with Crippen LogP contribution in [0, 0.1) is 11.3 Å². The maximum absolute atomic E-state index is 8.74. The minimum absolute atomic E-state index is 0.317. The Bertz CT molecular complexity index is 344. The van der Waals surface area contributed by atoms with E-state index in [2.05, 4.69) is 4.89 Å². The van der Waals surface area contributed by atoms with Gasteiger partial charge in [0, 0.05) is 11.4 Å². The first kappa shape index (κ1) is 11.0. The van der Waals surface area contributed by atoms with Gasteiger partial charge in [-0.2, -0.15) is 5.26 Å². The van der Waals surface area contributed by atoms with Crippen LogP contribution in [0.3, 0.4) is 0 Å². The van der Waals surface area contributed by atoms with E-state index in [1.165, 1.54) is 6.92 Å². The molecular weight excluding hydrogens is 202 g/mol. The Morgan fingerprint density at radius 2 is 2.07 bits per heavy atom. The Hall–Kier alpha value is -1.08. The van der Waals surface area contributed by atoms with E-state index >= 15 is 0 Å². The number of rotatable bonds is 3. The third-order valence-electron chi connectivity index (χ3n) is 1.89. The van der Waals surface area contributed by atoms with Gasteiger partial charge in [0.15, 0.2) is 5.60 Å². The van der Waals surface area contributed by atoms with Crippen LogP contribution in [0.1, 0.15) is 12.5 Å². The van der Waals surface area contributed by atoms with Crippen molar-refractivity contribution >= 4 is 11.6 Å². The van der Waals surface area contributed by atoms with Crippen molar-refractivity contribution < 1.29 is 10.1 Å². The Morgan fingerprint density at radius 3 is 2.50 bits per heavy atom. The Labute approximate surface area is 87.4 Å². The van der Waals surface area contributed by atoms with Crippen LogP contribution in [-0.4, -0.2) is 10.9 Å². The average Bonchev–Trinajstić information content (AvgIpc) is 2.21. The highest BCUT2D eigenvalue weighted by Crippen LogP contribution is 2.17. The highest BCUT2D eigenvalue weighted by atomic mass is 35.5. The summed E-state index contributed by atoms with van der Waals surface area (Å²) in [4.78, 5) is 4.13. The molecule has 0 aliphatic rings. The Balaban J connectivity index is 2.79. The van der Waals surface area contributed by atoms with E-state index in [9.17, 15) is 0 Å². The maximum Gasteiger partial charge on any atom is 0.190 e. The van der Waals surface area contributed by atoms with Crippen LogP contribution in [-0.2, 0) is 11.3 Å². The lowest BCUT2D eigenvalue weighted by molar-refractivity contribution is -0.299. The minimum atomic E-state index is -1.20.